The van der Waals surface area contributed by atoms with Gasteiger partial charge < -0.3 is 9.88 Å². The molecule has 1 heterocycles. The number of benzene rings is 1. The van der Waals surface area contributed by atoms with Crippen molar-refractivity contribution in [3.8, 4) is 0 Å². The van der Waals surface area contributed by atoms with Crippen molar-refractivity contribution >= 4 is 23.4 Å². The molecule has 0 saturated heterocycles. The van der Waals surface area contributed by atoms with Crippen LogP contribution in [0, 0.1) is 13.8 Å². The molecule has 0 aliphatic carbocycles. The second-order valence-electron chi connectivity index (χ2n) is 5.29. The minimum atomic E-state index is -0.0514. The van der Waals surface area contributed by atoms with Gasteiger partial charge in [-0.05, 0) is 37.1 Å². The van der Waals surface area contributed by atoms with Gasteiger partial charge in [0, 0.05) is 18.7 Å². The predicted molar refractivity (Wildman–Crippen MR) is 94.9 cm³/mol. The molecule has 2 aromatic rings. The van der Waals surface area contributed by atoms with Crippen LogP contribution in [0.4, 0.5) is 5.69 Å². The second-order valence-corrected chi connectivity index (χ2v) is 6.23. The van der Waals surface area contributed by atoms with E-state index in [0.717, 1.165) is 28.7 Å². The highest BCUT2D eigenvalue weighted by Crippen LogP contribution is 2.19. The second kappa shape index (κ2) is 7.97. The Morgan fingerprint density at radius 3 is 2.78 bits per heavy atom. The number of amides is 1. The van der Waals surface area contributed by atoms with Crippen molar-refractivity contribution in [1.29, 1.82) is 0 Å². The van der Waals surface area contributed by atoms with Crippen LogP contribution in [0.15, 0.2) is 36.0 Å². The van der Waals surface area contributed by atoms with E-state index in [1.54, 1.807) is 0 Å². The molecule has 23 heavy (non-hydrogen) atoms. The number of thioether (sulfide) groups is 1. The van der Waals surface area contributed by atoms with Crippen LogP contribution in [0.5, 0.6) is 0 Å². The maximum Gasteiger partial charge on any atom is 0.234 e. The van der Waals surface area contributed by atoms with E-state index in [0.29, 0.717) is 12.3 Å². The van der Waals surface area contributed by atoms with Gasteiger partial charge in [0.1, 0.15) is 5.82 Å². The van der Waals surface area contributed by atoms with Gasteiger partial charge in [0.15, 0.2) is 5.16 Å². The summed E-state index contributed by atoms with van der Waals surface area (Å²) >= 11 is 1.39. The molecule has 0 aliphatic heterocycles. The van der Waals surface area contributed by atoms with Gasteiger partial charge in [0.2, 0.25) is 5.91 Å². The highest BCUT2D eigenvalue weighted by atomic mass is 32.2. The van der Waals surface area contributed by atoms with E-state index >= 15 is 0 Å². The number of nitrogens with zero attached hydrogens (tertiary/aromatic N) is 3. The Bertz CT molecular complexity index is 709. The maximum atomic E-state index is 12.1. The summed E-state index contributed by atoms with van der Waals surface area (Å²) in [5.74, 6) is 1.15. The van der Waals surface area contributed by atoms with Gasteiger partial charge in [-0.3, -0.25) is 4.79 Å². The first kappa shape index (κ1) is 17.3. The topological polar surface area (TPSA) is 59.8 Å². The number of hydrogen-bond acceptors (Lipinski definition) is 4. The number of rotatable bonds is 7. The van der Waals surface area contributed by atoms with Crippen LogP contribution >= 0.6 is 11.8 Å². The SMILES string of the molecule is C=CCn1c(CC)nnc1SCC(=O)Nc1ccc(C)c(C)c1. The normalized spacial score (nSPS) is 10.6. The summed E-state index contributed by atoms with van der Waals surface area (Å²) in [5, 5.41) is 12.0. The lowest BCUT2D eigenvalue weighted by molar-refractivity contribution is -0.113. The van der Waals surface area contributed by atoms with E-state index in [2.05, 4.69) is 29.0 Å². The fraction of sp³-hybridized carbons (Fsp3) is 0.353. The van der Waals surface area contributed by atoms with Crippen molar-refractivity contribution < 1.29 is 4.79 Å². The number of carbonyl (C=O) groups excluding carboxylic acids is 1. The van der Waals surface area contributed by atoms with Crippen LogP contribution in [-0.4, -0.2) is 26.4 Å². The molecule has 0 atom stereocenters. The summed E-state index contributed by atoms with van der Waals surface area (Å²) in [6.45, 7) is 10.5. The van der Waals surface area contributed by atoms with Gasteiger partial charge in [-0.2, -0.15) is 0 Å². The number of allylic oxidation sites excluding steroid dienone is 1. The Morgan fingerprint density at radius 1 is 1.35 bits per heavy atom. The van der Waals surface area contributed by atoms with Crippen molar-refractivity contribution in [1.82, 2.24) is 14.8 Å². The lowest BCUT2D eigenvalue weighted by Crippen LogP contribution is -2.15. The van der Waals surface area contributed by atoms with Crippen molar-refractivity contribution in [3.63, 3.8) is 0 Å². The average Bonchev–Trinajstić information content (AvgIpc) is 2.91. The summed E-state index contributed by atoms with van der Waals surface area (Å²) in [6.07, 6.45) is 2.61. The number of nitrogens with one attached hydrogen (secondary N) is 1. The quantitative estimate of drug-likeness (QED) is 0.624. The summed E-state index contributed by atoms with van der Waals surface area (Å²) in [5.41, 5.74) is 3.19. The monoisotopic (exact) mass is 330 g/mol. The van der Waals surface area contributed by atoms with Crippen molar-refractivity contribution in [2.45, 2.75) is 38.9 Å². The number of aromatic nitrogens is 3. The van der Waals surface area contributed by atoms with Crippen molar-refractivity contribution in [3.05, 3.63) is 47.8 Å². The summed E-state index contributed by atoms with van der Waals surface area (Å²) in [6, 6.07) is 5.90. The Morgan fingerprint density at radius 2 is 2.13 bits per heavy atom. The minimum absolute atomic E-state index is 0.0514. The highest BCUT2D eigenvalue weighted by molar-refractivity contribution is 7.99. The molecule has 0 saturated carbocycles. The molecule has 122 valence electrons. The van der Waals surface area contributed by atoms with Crippen molar-refractivity contribution in [2.24, 2.45) is 0 Å². The van der Waals surface area contributed by atoms with E-state index in [4.69, 9.17) is 0 Å². The molecule has 0 unspecified atom stereocenters. The molecular weight excluding hydrogens is 308 g/mol. The third kappa shape index (κ3) is 4.45. The molecule has 0 fully saturated rings. The Balaban J connectivity index is 1.97. The zero-order valence-corrected chi connectivity index (χ0v) is 14.6. The molecule has 0 radical (unpaired) electrons. The first-order chi connectivity index (χ1) is 11.0. The maximum absolute atomic E-state index is 12.1. The van der Waals surface area contributed by atoms with Crippen molar-refractivity contribution in [2.75, 3.05) is 11.1 Å². The van der Waals surface area contributed by atoms with Crippen LogP contribution in [-0.2, 0) is 17.8 Å². The molecule has 1 aromatic carbocycles. The standard InChI is InChI=1S/C17H22N4OS/c1-5-9-21-15(6-2)19-20-17(21)23-11-16(22)18-14-8-7-12(3)13(4)10-14/h5,7-8,10H,1,6,9,11H2,2-4H3,(H,18,22). The van der Waals surface area contributed by atoms with Crippen LogP contribution in [0.25, 0.3) is 0 Å². The number of aryl methyl sites for hydroxylation is 3. The highest BCUT2D eigenvalue weighted by Gasteiger charge is 2.12. The van der Waals surface area contributed by atoms with E-state index in [1.165, 1.54) is 17.3 Å². The predicted octanol–water partition coefficient (Wildman–Crippen LogP) is 3.37. The largest absolute Gasteiger partial charge is 0.325 e. The van der Waals surface area contributed by atoms with E-state index in [-0.39, 0.29) is 5.91 Å². The summed E-state index contributed by atoms with van der Waals surface area (Å²) in [4.78, 5) is 12.1. The molecule has 0 spiro atoms. The number of carbonyl (C=O) groups is 1. The fourth-order valence-electron chi connectivity index (χ4n) is 2.15. The van der Waals surface area contributed by atoms with Gasteiger partial charge in [-0.1, -0.05) is 30.8 Å². The molecule has 1 amide bonds. The zero-order chi connectivity index (χ0) is 16.8. The average molecular weight is 330 g/mol. The van der Waals surface area contributed by atoms with E-state index < -0.39 is 0 Å². The Hall–Kier alpha value is -2.08. The van der Waals surface area contributed by atoms with Crippen LogP contribution < -0.4 is 5.32 Å². The Kier molecular flexibility index (Phi) is 5.98. The molecule has 1 N–H and O–H groups in total. The minimum Gasteiger partial charge on any atom is -0.325 e. The third-order valence-corrected chi connectivity index (χ3v) is 4.51. The molecule has 5 nitrogen and oxygen atoms in total. The van der Waals surface area contributed by atoms with Gasteiger partial charge in [-0.15, -0.1) is 16.8 Å². The molecule has 0 aliphatic rings. The fourth-order valence-corrected chi connectivity index (χ4v) is 2.91. The first-order valence-electron chi connectivity index (χ1n) is 7.58. The van der Waals surface area contributed by atoms with E-state index in [1.807, 2.05) is 42.7 Å². The molecular formula is C17H22N4OS. The summed E-state index contributed by atoms with van der Waals surface area (Å²) in [7, 11) is 0. The van der Waals surface area contributed by atoms with Gasteiger partial charge in [0.05, 0.1) is 5.75 Å². The lowest BCUT2D eigenvalue weighted by Gasteiger charge is -2.08. The molecule has 2 rings (SSSR count). The third-order valence-electron chi connectivity index (χ3n) is 3.54. The van der Waals surface area contributed by atoms with Crippen LogP contribution in [0.3, 0.4) is 0 Å². The number of hydrogen-bond donors (Lipinski definition) is 1. The van der Waals surface area contributed by atoms with Gasteiger partial charge in [0.25, 0.3) is 0 Å². The molecule has 1 aromatic heterocycles. The van der Waals surface area contributed by atoms with E-state index in [9.17, 15) is 4.79 Å². The smallest absolute Gasteiger partial charge is 0.234 e. The first-order valence-corrected chi connectivity index (χ1v) is 8.56. The van der Waals surface area contributed by atoms with Crippen LogP contribution in [0.2, 0.25) is 0 Å². The molecule has 0 bridgehead atoms. The lowest BCUT2D eigenvalue weighted by atomic mass is 10.1. The van der Waals surface area contributed by atoms with Gasteiger partial charge >= 0.3 is 0 Å². The van der Waals surface area contributed by atoms with Gasteiger partial charge in [-0.25, -0.2) is 0 Å². The number of anilines is 1. The van der Waals surface area contributed by atoms with Crippen LogP contribution in [0.1, 0.15) is 23.9 Å². The Labute approximate surface area is 141 Å². The molecule has 6 heteroatoms. The zero-order valence-electron chi connectivity index (χ0n) is 13.8. The summed E-state index contributed by atoms with van der Waals surface area (Å²) < 4.78 is 1.99.